The highest BCUT2D eigenvalue weighted by Gasteiger charge is 2.15. The number of rotatable bonds is 6. The van der Waals surface area contributed by atoms with Crippen molar-refractivity contribution >= 4 is 40.8 Å². The second-order valence-electron chi connectivity index (χ2n) is 5.11. The van der Waals surface area contributed by atoms with Crippen LogP contribution < -0.4 is 15.4 Å². The van der Waals surface area contributed by atoms with Gasteiger partial charge in [0, 0.05) is 6.20 Å². The van der Waals surface area contributed by atoms with Crippen LogP contribution in [0.2, 0.25) is 0 Å². The lowest BCUT2D eigenvalue weighted by molar-refractivity contribution is -0.118. The summed E-state index contributed by atoms with van der Waals surface area (Å²) >= 11 is 1.31. The number of thioether (sulfide) groups is 1. The normalized spacial score (nSPS) is 15.2. The van der Waals surface area contributed by atoms with Crippen molar-refractivity contribution in [1.82, 2.24) is 10.3 Å². The van der Waals surface area contributed by atoms with Crippen molar-refractivity contribution in [3.63, 3.8) is 0 Å². The molecule has 2 amide bonds. The number of amides is 2. The molecular formula is C17H15N5O3S. The number of ether oxygens (including phenoxy) is 1. The van der Waals surface area contributed by atoms with E-state index in [-0.39, 0.29) is 18.4 Å². The number of anilines is 1. The van der Waals surface area contributed by atoms with Crippen LogP contribution in [0, 0.1) is 0 Å². The second-order valence-corrected chi connectivity index (χ2v) is 6.07. The molecule has 26 heavy (non-hydrogen) atoms. The zero-order valence-electron chi connectivity index (χ0n) is 13.6. The molecule has 132 valence electrons. The van der Waals surface area contributed by atoms with Gasteiger partial charge in [-0.2, -0.15) is 5.10 Å². The van der Waals surface area contributed by atoms with Crippen LogP contribution in [-0.2, 0) is 9.59 Å². The van der Waals surface area contributed by atoms with Crippen molar-refractivity contribution in [2.24, 2.45) is 10.2 Å². The van der Waals surface area contributed by atoms with Gasteiger partial charge >= 0.3 is 0 Å². The molecule has 0 atom stereocenters. The Morgan fingerprint density at radius 3 is 2.85 bits per heavy atom. The van der Waals surface area contributed by atoms with E-state index in [1.54, 1.807) is 54.9 Å². The molecule has 1 aliphatic heterocycles. The summed E-state index contributed by atoms with van der Waals surface area (Å²) in [6, 6.07) is 12.3. The highest BCUT2D eigenvalue weighted by atomic mass is 32.2. The number of aromatic nitrogens is 1. The molecule has 8 nitrogen and oxygen atoms in total. The minimum Gasteiger partial charge on any atom is -0.484 e. The summed E-state index contributed by atoms with van der Waals surface area (Å²) in [5, 5.41) is 13.6. The Balaban J connectivity index is 1.47. The van der Waals surface area contributed by atoms with Crippen LogP contribution in [0.1, 0.15) is 5.56 Å². The molecule has 2 heterocycles. The first-order valence-electron chi connectivity index (χ1n) is 7.66. The van der Waals surface area contributed by atoms with Crippen molar-refractivity contribution < 1.29 is 14.3 Å². The third-order valence-corrected chi connectivity index (χ3v) is 3.99. The van der Waals surface area contributed by atoms with Crippen LogP contribution in [0.3, 0.4) is 0 Å². The fourth-order valence-corrected chi connectivity index (χ4v) is 2.57. The van der Waals surface area contributed by atoms with Gasteiger partial charge in [0.25, 0.3) is 5.91 Å². The number of carbonyl (C=O) groups excluding carboxylic acids is 2. The van der Waals surface area contributed by atoms with Crippen molar-refractivity contribution in [3.8, 4) is 5.75 Å². The standard InChI is InChI=1S/C17H15N5O3S/c23-15(20-14-3-1-2-8-18-14)10-25-13-6-4-12(5-7-13)9-19-22-17-21-16(24)11-26-17/h1-9H,10-11H2,(H,18,20,23)(H,21,22,24). The Bertz CT molecular complexity index is 837. The highest BCUT2D eigenvalue weighted by molar-refractivity contribution is 8.15. The van der Waals surface area contributed by atoms with Gasteiger partial charge in [0.2, 0.25) is 5.91 Å². The number of nitrogens with one attached hydrogen (secondary N) is 2. The van der Waals surface area contributed by atoms with Crippen LogP contribution in [0.25, 0.3) is 0 Å². The summed E-state index contributed by atoms with van der Waals surface area (Å²) in [4.78, 5) is 26.8. The molecule has 0 saturated carbocycles. The average molecular weight is 369 g/mol. The lowest BCUT2D eigenvalue weighted by Gasteiger charge is -2.07. The van der Waals surface area contributed by atoms with Crippen molar-refractivity contribution in [3.05, 3.63) is 54.2 Å². The number of nitrogens with zero attached hydrogens (tertiary/aromatic N) is 3. The fourth-order valence-electron chi connectivity index (χ4n) is 1.94. The molecule has 1 aromatic heterocycles. The van der Waals surface area contributed by atoms with Gasteiger partial charge in [0.15, 0.2) is 11.8 Å². The van der Waals surface area contributed by atoms with Crippen molar-refractivity contribution in [1.29, 1.82) is 0 Å². The number of amidine groups is 1. The Kier molecular flexibility index (Phi) is 5.94. The smallest absolute Gasteiger partial charge is 0.263 e. The third-order valence-electron chi connectivity index (χ3n) is 3.12. The summed E-state index contributed by atoms with van der Waals surface area (Å²) in [6.45, 7) is -0.116. The van der Waals surface area contributed by atoms with Crippen LogP contribution in [0.4, 0.5) is 5.82 Å². The number of benzene rings is 1. The molecule has 1 aliphatic rings. The molecule has 3 rings (SSSR count). The maximum absolute atomic E-state index is 11.8. The quantitative estimate of drug-likeness (QED) is 0.595. The highest BCUT2D eigenvalue weighted by Crippen LogP contribution is 2.12. The SMILES string of the molecule is O=C1CSC(=NN=Cc2ccc(OCC(=O)Nc3ccccn3)cc2)N1. The van der Waals surface area contributed by atoms with E-state index in [9.17, 15) is 9.59 Å². The molecule has 0 bridgehead atoms. The molecule has 1 fully saturated rings. The summed E-state index contributed by atoms with van der Waals surface area (Å²) in [5.74, 6) is 1.04. The molecule has 0 spiro atoms. The molecule has 0 radical (unpaired) electrons. The van der Waals surface area contributed by atoms with E-state index in [2.05, 4.69) is 25.8 Å². The molecule has 0 aliphatic carbocycles. The molecule has 1 aromatic carbocycles. The van der Waals surface area contributed by atoms with E-state index in [0.29, 0.717) is 22.5 Å². The maximum atomic E-state index is 11.8. The predicted molar refractivity (Wildman–Crippen MR) is 100 cm³/mol. The van der Waals surface area contributed by atoms with E-state index >= 15 is 0 Å². The minimum atomic E-state index is -0.290. The molecule has 1 saturated heterocycles. The minimum absolute atomic E-state index is 0.0717. The molecular weight excluding hydrogens is 354 g/mol. The first-order valence-corrected chi connectivity index (χ1v) is 8.65. The van der Waals surface area contributed by atoms with Gasteiger partial charge in [-0.3, -0.25) is 9.59 Å². The lowest BCUT2D eigenvalue weighted by atomic mass is 10.2. The Labute approximate surface area is 153 Å². The first kappa shape index (κ1) is 17.6. The molecule has 2 N–H and O–H groups in total. The number of hydrogen-bond donors (Lipinski definition) is 2. The summed E-state index contributed by atoms with van der Waals surface area (Å²) in [6.07, 6.45) is 3.16. The third kappa shape index (κ3) is 5.42. The largest absolute Gasteiger partial charge is 0.484 e. The van der Waals surface area contributed by atoms with Gasteiger partial charge in [0.1, 0.15) is 11.6 Å². The number of pyridine rings is 1. The Morgan fingerprint density at radius 2 is 2.15 bits per heavy atom. The van der Waals surface area contributed by atoms with E-state index < -0.39 is 0 Å². The topological polar surface area (TPSA) is 105 Å². The summed E-state index contributed by atoms with van der Waals surface area (Å²) in [7, 11) is 0. The lowest BCUT2D eigenvalue weighted by Crippen LogP contribution is -2.20. The van der Waals surface area contributed by atoms with Crippen LogP contribution in [0.5, 0.6) is 5.75 Å². The second kappa shape index (κ2) is 8.77. The van der Waals surface area contributed by atoms with Gasteiger partial charge in [-0.25, -0.2) is 4.98 Å². The maximum Gasteiger partial charge on any atom is 0.263 e. The van der Waals surface area contributed by atoms with E-state index in [1.165, 1.54) is 11.8 Å². The van der Waals surface area contributed by atoms with E-state index in [1.807, 2.05) is 0 Å². The first-order chi connectivity index (χ1) is 12.7. The number of hydrogen-bond acceptors (Lipinski definition) is 7. The van der Waals surface area contributed by atoms with Crippen molar-refractivity contribution in [2.75, 3.05) is 17.7 Å². The van der Waals surface area contributed by atoms with Crippen LogP contribution in [-0.4, -0.2) is 40.5 Å². The number of carbonyl (C=O) groups is 2. The summed E-state index contributed by atoms with van der Waals surface area (Å²) < 4.78 is 5.43. The average Bonchev–Trinajstić information content (AvgIpc) is 3.07. The zero-order valence-corrected chi connectivity index (χ0v) is 14.4. The summed E-state index contributed by atoms with van der Waals surface area (Å²) in [5.41, 5.74) is 0.814. The molecule has 0 unspecified atom stereocenters. The van der Waals surface area contributed by atoms with Gasteiger partial charge in [-0.05, 0) is 42.0 Å². The predicted octanol–water partition coefficient (Wildman–Crippen LogP) is 1.65. The Hall–Kier alpha value is -3.20. The zero-order chi connectivity index (χ0) is 18.2. The van der Waals surface area contributed by atoms with Gasteiger partial charge in [-0.1, -0.05) is 17.8 Å². The van der Waals surface area contributed by atoms with Gasteiger partial charge in [0.05, 0.1) is 12.0 Å². The van der Waals surface area contributed by atoms with E-state index in [4.69, 9.17) is 4.74 Å². The molecule has 2 aromatic rings. The van der Waals surface area contributed by atoms with Crippen molar-refractivity contribution in [2.45, 2.75) is 0 Å². The van der Waals surface area contributed by atoms with Crippen LogP contribution in [0.15, 0.2) is 58.9 Å². The van der Waals surface area contributed by atoms with E-state index in [0.717, 1.165) is 5.56 Å². The molecule has 9 heteroatoms. The Morgan fingerprint density at radius 1 is 1.31 bits per heavy atom. The van der Waals surface area contributed by atoms with Gasteiger partial charge in [-0.15, -0.1) is 5.10 Å². The fraction of sp³-hybridized carbons (Fsp3) is 0.118. The van der Waals surface area contributed by atoms with Crippen LogP contribution >= 0.6 is 11.8 Å². The monoisotopic (exact) mass is 369 g/mol. The van der Waals surface area contributed by atoms with Gasteiger partial charge < -0.3 is 15.4 Å².